The number of rotatable bonds is 6. The van der Waals surface area contributed by atoms with Crippen LogP contribution in [0.4, 0.5) is 0 Å². The van der Waals surface area contributed by atoms with E-state index in [0.29, 0.717) is 6.54 Å². The molecule has 8 heteroatoms. The summed E-state index contributed by atoms with van der Waals surface area (Å²) in [4.78, 5) is 8.72. The van der Waals surface area contributed by atoms with E-state index in [-0.39, 0.29) is 24.0 Å². The molecule has 0 aliphatic carbocycles. The van der Waals surface area contributed by atoms with Crippen LogP contribution in [0.15, 0.2) is 53.1 Å². The Morgan fingerprint density at radius 1 is 1.23 bits per heavy atom. The molecule has 6 nitrogen and oxygen atoms in total. The van der Waals surface area contributed by atoms with Crippen LogP contribution in [0.25, 0.3) is 5.69 Å². The summed E-state index contributed by atoms with van der Waals surface area (Å²) in [5, 5.41) is 14.2. The summed E-state index contributed by atoms with van der Waals surface area (Å²) in [5.41, 5.74) is 3.27. The third kappa shape index (κ3) is 5.80. The monoisotopic (exact) mass is 482 g/mol. The van der Waals surface area contributed by atoms with E-state index in [4.69, 9.17) is 0 Å². The number of aromatic nitrogens is 3. The van der Waals surface area contributed by atoms with Crippen molar-refractivity contribution in [2.75, 3.05) is 13.6 Å². The molecule has 2 N–H and O–H groups in total. The number of halogens is 1. The molecule has 0 aliphatic rings. The third-order valence-electron chi connectivity index (χ3n) is 3.68. The van der Waals surface area contributed by atoms with E-state index in [0.717, 1.165) is 40.9 Å². The van der Waals surface area contributed by atoms with Gasteiger partial charge in [-0.15, -0.1) is 35.3 Å². The molecule has 0 saturated heterocycles. The maximum Gasteiger partial charge on any atom is 0.191 e. The van der Waals surface area contributed by atoms with Gasteiger partial charge in [0.25, 0.3) is 0 Å². The van der Waals surface area contributed by atoms with Gasteiger partial charge in [0, 0.05) is 43.7 Å². The smallest absolute Gasteiger partial charge is 0.191 e. The van der Waals surface area contributed by atoms with Crippen LogP contribution in [0.5, 0.6) is 0 Å². The highest BCUT2D eigenvalue weighted by atomic mass is 127. The number of hydrogen-bond acceptors (Lipinski definition) is 4. The fourth-order valence-corrected chi connectivity index (χ4v) is 3.06. The fourth-order valence-electron chi connectivity index (χ4n) is 2.41. The summed E-state index contributed by atoms with van der Waals surface area (Å²) in [5.74, 6) is 0.777. The van der Waals surface area contributed by atoms with Crippen LogP contribution in [-0.4, -0.2) is 34.3 Å². The van der Waals surface area contributed by atoms with Crippen molar-refractivity contribution in [1.82, 2.24) is 25.4 Å². The lowest BCUT2D eigenvalue weighted by Crippen LogP contribution is -2.37. The van der Waals surface area contributed by atoms with Crippen molar-refractivity contribution < 1.29 is 0 Å². The van der Waals surface area contributed by atoms with Crippen molar-refractivity contribution in [3.63, 3.8) is 0 Å². The average molecular weight is 482 g/mol. The van der Waals surface area contributed by atoms with Gasteiger partial charge in [0.15, 0.2) is 5.96 Å². The SMILES string of the molecule is CN=C(NCCc1csc(C)n1)NCc1cnn(-c2ccccc2)c1.I. The predicted molar refractivity (Wildman–Crippen MR) is 118 cm³/mol. The predicted octanol–water partition coefficient (Wildman–Crippen LogP) is 3.16. The maximum atomic E-state index is 4.47. The minimum absolute atomic E-state index is 0. The lowest BCUT2D eigenvalue weighted by atomic mass is 10.3. The number of thiazole rings is 1. The molecule has 26 heavy (non-hydrogen) atoms. The van der Waals surface area contributed by atoms with Gasteiger partial charge in [-0.1, -0.05) is 18.2 Å². The number of nitrogens with zero attached hydrogens (tertiary/aromatic N) is 4. The van der Waals surface area contributed by atoms with Crippen LogP contribution in [-0.2, 0) is 13.0 Å². The zero-order valence-corrected chi connectivity index (χ0v) is 18.0. The first-order valence-electron chi connectivity index (χ1n) is 8.19. The van der Waals surface area contributed by atoms with E-state index in [1.54, 1.807) is 18.4 Å². The lowest BCUT2D eigenvalue weighted by Gasteiger charge is -2.10. The van der Waals surface area contributed by atoms with Gasteiger partial charge in [0.05, 0.1) is 22.6 Å². The van der Waals surface area contributed by atoms with E-state index in [9.17, 15) is 0 Å². The van der Waals surface area contributed by atoms with E-state index >= 15 is 0 Å². The van der Waals surface area contributed by atoms with Gasteiger partial charge in [0.1, 0.15) is 0 Å². The van der Waals surface area contributed by atoms with Crippen molar-refractivity contribution in [3.05, 3.63) is 64.4 Å². The van der Waals surface area contributed by atoms with E-state index in [2.05, 4.69) is 31.1 Å². The number of hydrogen-bond donors (Lipinski definition) is 2. The Kier molecular flexibility index (Phi) is 8.05. The van der Waals surface area contributed by atoms with E-state index in [1.807, 2.05) is 54.3 Å². The minimum atomic E-state index is 0. The van der Waals surface area contributed by atoms with Gasteiger partial charge in [-0.05, 0) is 19.1 Å². The Morgan fingerprint density at radius 3 is 2.73 bits per heavy atom. The average Bonchev–Trinajstić information content (AvgIpc) is 3.28. The molecule has 1 aromatic carbocycles. The topological polar surface area (TPSA) is 67.1 Å². The molecule has 0 spiro atoms. The highest BCUT2D eigenvalue weighted by Gasteiger charge is 2.03. The van der Waals surface area contributed by atoms with Gasteiger partial charge < -0.3 is 10.6 Å². The van der Waals surface area contributed by atoms with Crippen molar-refractivity contribution in [2.24, 2.45) is 4.99 Å². The molecule has 138 valence electrons. The van der Waals surface area contributed by atoms with E-state index in [1.165, 1.54) is 0 Å². The van der Waals surface area contributed by atoms with Crippen LogP contribution in [0.3, 0.4) is 0 Å². The first kappa shape index (κ1) is 20.4. The van der Waals surface area contributed by atoms with Crippen molar-refractivity contribution in [3.8, 4) is 5.69 Å². The summed E-state index contributed by atoms with van der Waals surface area (Å²) in [7, 11) is 1.77. The second-order valence-electron chi connectivity index (χ2n) is 5.59. The number of benzene rings is 1. The van der Waals surface area contributed by atoms with Gasteiger partial charge in [-0.25, -0.2) is 9.67 Å². The van der Waals surface area contributed by atoms with Crippen LogP contribution in [0.1, 0.15) is 16.3 Å². The summed E-state index contributed by atoms with van der Waals surface area (Å²) in [6, 6.07) is 10.1. The number of aliphatic imine (C=N–C) groups is 1. The van der Waals surface area contributed by atoms with Crippen molar-refractivity contribution in [1.29, 1.82) is 0 Å². The molecule has 0 saturated carbocycles. The molecule has 0 unspecified atom stereocenters. The van der Waals surface area contributed by atoms with Gasteiger partial charge in [-0.3, -0.25) is 4.99 Å². The zero-order valence-electron chi connectivity index (χ0n) is 14.8. The van der Waals surface area contributed by atoms with Crippen molar-refractivity contribution >= 4 is 41.3 Å². The molecule has 3 rings (SSSR count). The number of para-hydroxylation sites is 1. The second kappa shape index (κ2) is 10.3. The molecule has 2 heterocycles. The third-order valence-corrected chi connectivity index (χ3v) is 4.50. The number of aryl methyl sites for hydroxylation is 1. The first-order chi connectivity index (χ1) is 12.2. The molecule has 0 aliphatic heterocycles. The maximum absolute atomic E-state index is 4.47. The molecule has 0 atom stereocenters. The van der Waals surface area contributed by atoms with Crippen molar-refractivity contribution in [2.45, 2.75) is 19.9 Å². The molecule has 0 fully saturated rings. The Balaban J connectivity index is 0.00000243. The largest absolute Gasteiger partial charge is 0.356 e. The molecule has 3 aromatic rings. The van der Waals surface area contributed by atoms with Crippen LogP contribution in [0.2, 0.25) is 0 Å². The number of nitrogens with one attached hydrogen (secondary N) is 2. The van der Waals surface area contributed by atoms with Gasteiger partial charge in [-0.2, -0.15) is 5.10 Å². The molecule has 0 radical (unpaired) electrons. The Morgan fingerprint density at radius 2 is 2.04 bits per heavy atom. The Labute approximate surface area is 174 Å². The Hall–Kier alpha value is -1.94. The standard InChI is InChI=1S/C18H22N6S.HI/c1-14-23-16(13-25-14)8-9-20-18(19-2)21-10-15-11-22-24(12-15)17-6-4-3-5-7-17;/h3-7,11-13H,8-10H2,1-2H3,(H2,19,20,21);1H. The molecular formula is C18H23IN6S. The first-order valence-corrected chi connectivity index (χ1v) is 9.07. The summed E-state index contributed by atoms with van der Waals surface area (Å²) in [6.45, 7) is 3.49. The lowest BCUT2D eigenvalue weighted by molar-refractivity contribution is 0.785. The summed E-state index contributed by atoms with van der Waals surface area (Å²) in [6.07, 6.45) is 4.77. The quantitative estimate of drug-likeness (QED) is 0.322. The minimum Gasteiger partial charge on any atom is -0.356 e. The van der Waals surface area contributed by atoms with Crippen LogP contribution in [0, 0.1) is 6.92 Å². The summed E-state index contributed by atoms with van der Waals surface area (Å²) < 4.78 is 1.87. The molecule has 0 amide bonds. The Bertz CT molecular complexity index is 827. The molecule has 0 bridgehead atoms. The van der Waals surface area contributed by atoms with Gasteiger partial charge >= 0.3 is 0 Å². The number of guanidine groups is 1. The fraction of sp³-hybridized carbons (Fsp3) is 0.278. The van der Waals surface area contributed by atoms with Crippen LogP contribution < -0.4 is 10.6 Å². The zero-order chi connectivity index (χ0) is 17.5. The van der Waals surface area contributed by atoms with Gasteiger partial charge in [0.2, 0.25) is 0 Å². The molecule has 2 aromatic heterocycles. The molecular weight excluding hydrogens is 459 g/mol. The summed E-state index contributed by atoms with van der Waals surface area (Å²) >= 11 is 1.68. The normalized spacial score (nSPS) is 11.1. The second-order valence-corrected chi connectivity index (χ2v) is 6.65. The highest BCUT2D eigenvalue weighted by Crippen LogP contribution is 2.08. The van der Waals surface area contributed by atoms with E-state index < -0.39 is 0 Å². The van der Waals surface area contributed by atoms with Crippen LogP contribution >= 0.6 is 35.3 Å². The highest BCUT2D eigenvalue weighted by molar-refractivity contribution is 14.0.